The van der Waals surface area contributed by atoms with Crippen LogP contribution < -0.4 is 0 Å². The lowest BCUT2D eigenvalue weighted by Crippen LogP contribution is -2.51. The second-order valence-electron chi connectivity index (χ2n) is 7.88. The summed E-state index contributed by atoms with van der Waals surface area (Å²) in [4.78, 5) is 14.9. The molecule has 7 heteroatoms. The Labute approximate surface area is 162 Å². The van der Waals surface area contributed by atoms with Crippen LogP contribution in [-0.4, -0.2) is 60.9 Å². The summed E-state index contributed by atoms with van der Waals surface area (Å²) in [5.74, 6) is -0.400. The number of hydrogen-bond donors (Lipinski definition) is 1. The Morgan fingerprint density at radius 1 is 1.11 bits per heavy atom. The first kappa shape index (κ1) is 20.3. The van der Waals surface area contributed by atoms with Crippen LogP contribution in [-0.2, 0) is 14.8 Å². The van der Waals surface area contributed by atoms with Crippen LogP contribution in [0.3, 0.4) is 0 Å². The maximum absolute atomic E-state index is 13.0. The molecule has 3 atom stereocenters. The molecule has 0 radical (unpaired) electrons. The van der Waals surface area contributed by atoms with Crippen LogP contribution in [0.4, 0.5) is 0 Å². The van der Waals surface area contributed by atoms with Crippen molar-refractivity contribution < 1.29 is 18.3 Å². The zero-order valence-electron chi connectivity index (χ0n) is 16.2. The molecule has 3 rings (SSSR count). The van der Waals surface area contributed by atoms with Gasteiger partial charge in [-0.3, -0.25) is 4.79 Å². The van der Waals surface area contributed by atoms with E-state index in [-0.39, 0.29) is 29.3 Å². The van der Waals surface area contributed by atoms with Gasteiger partial charge in [-0.15, -0.1) is 0 Å². The number of aliphatic hydroxyl groups excluding tert-OH is 1. The Kier molecular flexibility index (Phi) is 6.23. The van der Waals surface area contributed by atoms with Gasteiger partial charge < -0.3 is 10.0 Å². The van der Waals surface area contributed by atoms with Gasteiger partial charge in [-0.2, -0.15) is 4.31 Å². The van der Waals surface area contributed by atoms with Gasteiger partial charge in [-0.05, 0) is 44.7 Å². The number of aryl methyl sites for hydroxylation is 1. The van der Waals surface area contributed by atoms with Gasteiger partial charge in [0.15, 0.2) is 0 Å². The molecular formula is C20H30N2O4S. The van der Waals surface area contributed by atoms with E-state index in [1.807, 2.05) is 6.92 Å². The van der Waals surface area contributed by atoms with Crippen molar-refractivity contribution in [1.82, 2.24) is 9.21 Å². The normalized spacial score (nSPS) is 27.3. The van der Waals surface area contributed by atoms with Gasteiger partial charge in [0.05, 0.1) is 23.0 Å². The van der Waals surface area contributed by atoms with E-state index in [9.17, 15) is 18.3 Å². The van der Waals surface area contributed by atoms with E-state index in [1.165, 1.54) is 4.31 Å². The molecule has 0 unspecified atom stereocenters. The highest BCUT2D eigenvalue weighted by molar-refractivity contribution is 7.89. The summed E-state index contributed by atoms with van der Waals surface area (Å²) in [6, 6.07) is 6.67. The van der Waals surface area contributed by atoms with Gasteiger partial charge in [0, 0.05) is 20.1 Å². The second kappa shape index (κ2) is 8.29. The van der Waals surface area contributed by atoms with Gasteiger partial charge in [0.2, 0.25) is 15.9 Å². The smallest absolute Gasteiger partial charge is 0.243 e. The SMILES string of the molecule is Cc1ccc(S(=O)(=O)N2CCC[C@H](C(=O)N(C)[C@@H]3CCCC[C@H]3O)C2)cc1. The lowest BCUT2D eigenvalue weighted by molar-refractivity contribution is -0.140. The molecule has 1 aromatic carbocycles. The number of hydrogen-bond acceptors (Lipinski definition) is 4. The van der Waals surface area contributed by atoms with Gasteiger partial charge in [-0.1, -0.05) is 30.5 Å². The summed E-state index contributed by atoms with van der Waals surface area (Å²) in [5, 5.41) is 10.2. The number of likely N-dealkylation sites (N-methyl/N-ethyl adjacent to an activating group) is 1. The third-order valence-corrected chi connectivity index (χ3v) is 7.81. The molecule has 1 aliphatic carbocycles. The van der Waals surface area contributed by atoms with Gasteiger partial charge in [0.25, 0.3) is 0 Å². The van der Waals surface area contributed by atoms with Gasteiger partial charge in [0.1, 0.15) is 0 Å². The summed E-state index contributed by atoms with van der Waals surface area (Å²) in [5.41, 5.74) is 1.01. The molecule has 2 aliphatic rings. The number of piperidine rings is 1. The van der Waals surface area contributed by atoms with Crippen molar-refractivity contribution in [3.8, 4) is 0 Å². The molecule has 1 amide bonds. The quantitative estimate of drug-likeness (QED) is 0.849. The van der Waals surface area contributed by atoms with E-state index in [0.29, 0.717) is 19.4 Å². The maximum atomic E-state index is 13.0. The highest BCUT2D eigenvalue weighted by atomic mass is 32.2. The highest BCUT2D eigenvalue weighted by Crippen LogP contribution is 2.28. The first-order valence-electron chi connectivity index (χ1n) is 9.82. The highest BCUT2D eigenvalue weighted by Gasteiger charge is 2.37. The largest absolute Gasteiger partial charge is 0.391 e. The maximum Gasteiger partial charge on any atom is 0.243 e. The molecular weight excluding hydrogens is 364 g/mol. The van der Waals surface area contributed by atoms with Crippen LogP contribution in [0.25, 0.3) is 0 Å². The van der Waals surface area contributed by atoms with Crippen LogP contribution in [0.5, 0.6) is 0 Å². The molecule has 150 valence electrons. The Morgan fingerprint density at radius 2 is 1.78 bits per heavy atom. The Morgan fingerprint density at radius 3 is 2.44 bits per heavy atom. The predicted octanol–water partition coefficient (Wildman–Crippen LogP) is 2.16. The Bertz CT molecular complexity index is 763. The van der Waals surface area contributed by atoms with Crippen molar-refractivity contribution >= 4 is 15.9 Å². The van der Waals surface area contributed by atoms with Crippen LogP contribution in [0.15, 0.2) is 29.2 Å². The summed E-state index contributed by atoms with van der Waals surface area (Å²) >= 11 is 0. The number of amides is 1. The molecule has 2 fully saturated rings. The van der Waals surface area contributed by atoms with Crippen molar-refractivity contribution in [1.29, 1.82) is 0 Å². The zero-order chi connectivity index (χ0) is 19.6. The third kappa shape index (κ3) is 4.36. The second-order valence-corrected chi connectivity index (χ2v) is 9.82. The Hall–Kier alpha value is -1.44. The number of benzene rings is 1. The zero-order valence-corrected chi connectivity index (χ0v) is 17.0. The average Bonchev–Trinajstić information content (AvgIpc) is 2.67. The molecule has 27 heavy (non-hydrogen) atoms. The fraction of sp³-hybridized carbons (Fsp3) is 0.650. The molecule has 1 aromatic rings. The Balaban J connectivity index is 1.71. The molecule has 0 aromatic heterocycles. The van der Waals surface area contributed by atoms with E-state index in [1.54, 1.807) is 36.2 Å². The van der Waals surface area contributed by atoms with E-state index in [0.717, 1.165) is 31.2 Å². The van der Waals surface area contributed by atoms with Crippen LogP contribution in [0.2, 0.25) is 0 Å². The van der Waals surface area contributed by atoms with Crippen LogP contribution in [0, 0.1) is 12.8 Å². The van der Waals surface area contributed by atoms with Crippen molar-refractivity contribution in [2.24, 2.45) is 5.92 Å². The van der Waals surface area contributed by atoms with Crippen molar-refractivity contribution in [2.45, 2.75) is 62.5 Å². The number of carbonyl (C=O) groups excluding carboxylic acids is 1. The van der Waals surface area contributed by atoms with E-state index in [4.69, 9.17) is 0 Å². The number of rotatable bonds is 4. The molecule has 0 bridgehead atoms. The van der Waals surface area contributed by atoms with E-state index >= 15 is 0 Å². The first-order valence-corrected chi connectivity index (χ1v) is 11.3. The monoisotopic (exact) mass is 394 g/mol. The molecule has 1 saturated carbocycles. The fourth-order valence-electron chi connectivity index (χ4n) is 4.22. The summed E-state index contributed by atoms with van der Waals surface area (Å²) in [6.07, 6.45) is 4.41. The third-order valence-electron chi connectivity index (χ3n) is 5.93. The van der Waals surface area contributed by atoms with Crippen molar-refractivity contribution in [3.05, 3.63) is 29.8 Å². The minimum atomic E-state index is -3.59. The molecule has 1 aliphatic heterocycles. The molecule has 1 N–H and O–H groups in total. The summed E-state index contributed by atoms with van der Waals surface area (Å²) in [6.45, 7) is 2.57. The number of aliphatic hydroxyl groups is 1. The minimum Gasteiger partial charge on any atom is -0.391 e. The standard InChI is InChI=1S/C20H30N2O4S/c1-15-9-11-17(12-10-15)27(25,26)22-13-5-6-16(14-22)20(24)21(2)18-7-3-4-8-19(18)23/h9-12,16,18-19,23H,3-8,13-14H2,1-2H3/t16-,18+,19+/m0/s1. The topological polar surface area (TPSA) is 77.9 Å². The van der Waals surface area contributed by atoms with Crippen molar-refractivity contribution in [2.75, 3.05) is 20.1 Å². The van der Waals surface area contributed by atoms with Crippen molar-refractivity contribution in [3.63, 3.8) is 0 Å². The predicted molar refractivity (Wildman–Crippen MR) is 104 cm³/mol. The van der Waals surface area contributed by atoms with Crippen LogP contribution >= 0.6 is 0 Å². The average molecular weight is 395 g/mol. The number of nitrogens with zero attached hydrogens (tertiary/aromatic N) is 2. The fourth-order valence-corrected chi connectivity index (χ4v) is 5.74. The first-order chi connectivity index (χ1) is 12.8. The van der Waals surface area contributed by atoms with Gasteiger partial charge in [-0.25, -0.2) is 8.42 Å². The molecule has 1 saturated heterocycles. The number of carbonyl (C=O) groups is 1. The van der Waals surface area contributed by atoms with Crippen LogP contribution in [0.1, 0.15) is 44.1 Å². The summed E-state index contributed by atoms with van der Waals surface area (Å²) < 4.78 is 27.3. The van der Waals surface area contributed by atoms with E-state index in [2.05, 4.69) is 0 Å². The molecule has 6 nitrogen and oxygen atoms in total. The van der Waals surface area contributed by atoms with E-state index < -0.39 is 16.1 Å². The molecule has 0 spiro atoms. The summed E-state index contributed by atoms with van der Waals surface area (Å²) in [7, 11) is -1.85. The lowest BCUT2D eigenvalue weighted by atomic mass is 9.90. The van der Waals surface area contributed by atoms with Gasteiger partial charge >= 0.3 is 0 Å². The minimum absolute atomic E-state index is 0.0512. The lowest BCUT2D eigenvalue weighted by Gasteiger charge is -2.39. The number of sulfonamides is 1. The molecule has 1 heterocycles.